The number of aromatic nitrogens is 1. The van der Waals surface area contributed by atoms with E-state index >= 15 is 0 Å². The third-order valence-electron chi connectivity index (χ3n) is 4.68. The lowest BCUT2D eigenvalue weighted by Crippen LogP contribution is -2.13. The molecule has 0 atom stereocenters. The third kappa shape index (κ3) is 2.82. The van der Waals surface area contributed by atoms with Crippen LogP contribution in [0.5, 0.6) is 11.5 Å². The first kappa shape index (κ1) is 16.9. The second kappa shape index (κ2) is 6.89. The standard InChI is InChI=1S/C19H21N3O3/c1-24-15-8-7-12(10-16(15)25-2)19(23)18-17(21)13(11-20)14-6-4-3-5-9-22(14)18/h7-8,10H,3-6,9,21H2,1-2H3. The molecule has 1 aromatic carbocycles. The molecule has 1 aliphatic rings. The van der Waals surface area contributed by atoms with E-state index in [2.05, 4.69) is 6.07 Å². The maximum atomic E-state index is 13.1. The number of methoxy groups -OCH3 is 2. The summed E-state index contributed by atoms with van der Waals surface area (Å²) in [6, 6.07) is 7.20. The van der Waals surface area contributed by atoms with Crippen molar-refractivity contribution in [3.63, 3.8) is 0 Å². The summed E-state index contributed by atoms with van der Waals surface area (Å²) in [5.74, 6) is 0.830. The summed E-state index contributed by atoms with van der Waals surface area (Å²) >= 11 is 0. The number of nitriles is 1. The van der Waals surface area contributed by atoms with E-state index in [1.807, 2.05) is 4.57 Å². The quantitative estimate of drug-likeness (QED) is 0.865. The molecular formula is C19H21N3O3. The second-order valence-electron chi connectivity index (χ2n) is 6.06. The average Bonchev–Trinajstić information content (AvgIpc) is 2.78. The fourth-order valence-corrected chi connectivity index (χ4v) is 3.42. The van der Waals surface area contributed by atoms with E-state index in [9.17, 15) is 10.1 Å². The molecule has 0 bridgehead atoms. The highest BCUT2D eigenvalue weighted by atomic mass is 16.5. The molecule has 6 heteroatoms. The van der Waals surface area contributed by atoms with E-state index in [4.69, 9.17) is 15.2 Å². The van der Waals surface area contributed by atoms with Crippen molar-refractivity contribution < 1.29 is 14.3 Å². The van der Waals surface area contributed by atoms with Crippen LogP contribution in [0.3, 0.4) is 0 Å². The van der Waals surface area contributed by atoms with Crippen molar-refractivity contribution in [2.45, 2.75) is 32.2 Å². The van der Waals surface area contributed by atoms with Gasteiger partial charge in [0.25, 0.3) is 0 Å². The lowest BCUT2D eigenvalue weighted by atomic mass is 10.0. The van der Waals surface area contributed by atoms with Crippen LogP contribution in [0.1, 0.15) is 46.6 Å². The first-order valence-corrected chi connectivity index (χ1v) is 8.30. The van der Waals surface area contributed by atoms with Gasteiger partial charge in [0, 0.05) is 17.8 Å². The molecule has 6 nitrogen and oxygen atoms in total. The Morgan fingerprint density at radius 1 is 1.20 bits per heavy atom. The van der Waals surface area contributed by atoms with E-state index in [1.165, 1.54) is 7.11 Å². The summed E-state index contributed by atoms with van der Waals surface area (Å²) < 4.78 is 12.4. The Kier molecular flexibility index (Phi) is 4.66. The summed E-state index contributed by atoms with van der Waals surface area (Å²) in [6.45, 7) is 0.704. The Morgan fingerprint density at radius 2 is 1.96 bits per heavy atom. The summed E-state index contributed by atoms with van der Waals surface area (Å²) in [4.78, 5) is 13.1. The zero-order chi connectivity index (χ0) is 18.0. The number of nitrogen functional groups attached to an aromatic ring is 1. The molecule has 1 aliphatic heterocycles. The van der Waals surface area contributed by atoms with Gasteiger partial charge in [0.05, 0.1) is 25.5 Å². The van der Waals surface area contributed by atoms with Crippen LogP contribution in [0.2, 0.25) is 0 Å². The van der Waals surface area contributed by atoms with E-state index < -0.39 is 0 Å². The van der Waals surface area contributed by atoms with Gasteiger partial charge >= 0.3 is 0 Å². The fraction of sp³-hybridized carbons (Fsp3) is 0.368. The van der Waals surface area contributed by atoms with Crippen LogP contribution in [0, 0.1) is 11.3 Å². The summed E-state index contributed by atoms with van der Waals surface area (Å²) in [7, 11) is 3.07. The minimum absolute atomic E-state index is 0.205. The van der Waals surface area contributed by atoms with Crippen LogP contribution in [-0.2, 0) is 13.0 Å². The Bertz CT molecular complexity index is 862. The zero-order valence-corrected chi connectivity index (χ0v) is 14.5. The van der Waals surface area contributed by atoms with Crippen molar-refractivity contribution in [2.24, 2.45) is 0 Å². The van der Waals surface area contributed by atoms with E-state index in [1.54, 1.807) is 25.3 Å². The Morgan fingerprint density at radius 3 is 2.64 bits per heavy atom. The van der Waals surface area contributed by atoms with Crippen molar-refractivity contribution in [1.29, 1.82) is 5.26 Å². The lowest BCUT2D eigenvalue weighted by Gasteiger charge is -2.12. The van der Waals surface area contributed by atoms with Crippen LogP contribution in [0.4, 0.5) is 5.69 Å². The van der Waals surface area contributed by atoms with Crippen molar-refractivity contribution in [1.82, 2.24) is 4.57 Å². The predicted octanol–water partition coefficient (Wildman–Crippen LogP) is 2.92. The molecule has 2 N–H and O–H groups in total. The molecule has 3 rings (SSSR count). The predicted molar refractivity (Wildman–Crippen MR) is 94.1 cm³/mol. The van der Waals surface area contributed by atoms with Gasteiger partial charge in [-0.05, 0) is 37.5 Å². The molecular weight excluding hydrogens is 318 g/mol. The smallest absolute Gasteiger partial charge is 0.211 e. The number of benzene rings is 1. The molecule has 130 valence electrons. The first-order chi connectivity index (χ1) is 12.1. The molecule has 1 aromatic heterocycles. The van der Waals surface area contributed by atoms with E-state index in [0.29, 0.717) is 34.9 Å². The maximum absolute atomic E-state index is 13.1. The number of carbonyl (C=O) groups excluding carboxylic acids is 1. The van der Waals surface area contributed by atoms with E-state index in [-0.39, 0.29) is 11.5 Å². The molecule has 0 unspecified atom stereocenters. The van der Waals surface area contributed by atoms with Crippen molar-refractivity contribution in [3.8, 4) is 17.6 Å². The Balaban J connectivity index is 2.12. The zero-order valence-electron chi connectivity index (χ0n) is 14.5. The fourth-order valence-electron chi connectivity index (χ4n) is 3.42. The maximum Gasteiger partial charge on any atom is 0.211 e. The molecule has 0 amide bonds. The number of hydrogen-bond donors (Lipinski definition) is 1. The number of ketones is 1. The summed E-state index contributed by atoms with van der Waals surface area (Å²) in [5, 5.41) is 9.49. The Labute approximate surface area is 146 Å². The van der Waals surface area contributed by atoms with Gasteiger partial charge in [-0.25, -0.2) is 0 Å². The second-order valence-corrected chi connectivity index (χ2v) is 6.06. The third-order valence-corrected chi connectivity index (χ3v) is 4.68. The van der Waals surface area contributed by atoms with Crippen molar-refractivity contribution >= 4 is 11.5 Å². The van der Waals surface area contributed by atoms with Crippen LogP contribution in [0.25, 0.3) is 0 Å². The van der Waals surface area contributed by atoms with Gasteiger partial charge in [-0.1, -0.05) is 6.42 Å². The van der Waals surface area contributed by atoms with Crippen molar-refractivity contribution in [3.05, 3.63) is 40.7 Å². The van der Waals surface area contributed by atoms with Crippen molar-refractivity contribution in [2.75, 3.05) is 20.0 Å². The largest absolute Gasteiger partial charge is 0.493 e. The van der Waals surface area contributed by atoms with Gasteiger partial charge in [-0.3, -0.25) is 4.79 Å². The van der Waals surface area contributed by atoms with Gasteiger partial charge in [0.15, 0.2) is 11.5 Å². The highest BCUT2D eigenvalue weighted by Crippen LogP contribution is 2.33. The average molecular weight is 339 g/mol. The van der Waals surface area contributed by atoms with Gasteiger partial charge in [0.2, 0.25) is 5.78 Å². The van der Waals surface area contributed by atoms with E-state index in [0.717, 1.165) is 31.4 Å². The van der Waals surface area contributed by atoms with Crippen LogP contribution in [0.15, 0.2) is 18.2 Å². The number of nitrogens with two attached hydrogens (primary N) is 1. The molecule has 0 radical (unpaired) electrons. The topological polar surface area (TPSA) is 90.3 Å². The molecule has 0 aliphatic carbocycles. The normalized spacial score (nSPS) is 13.5. The number of ether oxygens (including phenoxy) is 2. The molecule has 0 saturated heterocycles. The monoisotopic (exact) mass is 339 g/mol. The highest BCUT2D eigenvalue weighted by molar-refractivity contribution is 6.12. The Hall–Kier alpha value is -2.94. The molecule has 25 heavy (non-hydrogen) atoms. The minimum Gasteiger partial charge on any atom is -0.493 e. The van der Waals surface area contributed by atoms with Gasteiger partial charge in [-0.2, -0.15) is 5.26 Å². The molecule has 0 spiro atoms. The minimum atomic E-state index is -0.205. The number of nitrogens with zero attached hydrogens (tertiary/aromatic N) is 2. The number of anilines is 1. The highest BCUT2D eigenvalue weighted by Gasteiger charge is 2.27. The van der Waals surface area contributed by atoms with Gasteiger partial charge < -0.3 is 19.8 Å². The number of carbonyl (C=O) groups is 1. The van der Waals surface area contributed by atoms with Crippen LogP contribution < -0.4 is 15.2 Å². The number of rotatable bonds is 4. The SMILES string of the molecule is COc1ccc(C(=O)c2c(N)c(C#N)c3n2CCCCC3)cc1OC. The van der Waals surface area contributed by atoms with Gasteiger partial charge in [0.1, 0.15) is 11.8 Å². The van der Waals surface area contributed by atoms with Crippen LogP contribution in [-0.4, -0.2) is 24.6 Å². The van der Waals surface area contributed by atoms with Gasteiger partial charge in [-0.15, -0.1) is 0 Å². The molecule has 0 saturated carbocycles. The lowest BCUT2D eigenvalue weighted by molar-refractivity contribution is 0.103. The summed E-state index contributed by atoms with van der Waals surface area (Å²) in [5.41, 5.74) is 8.64. The number of hydrogen-bond acceptors (Lipinski definition) is 5. The molecule has 2 aromatic rings. The molecule has 2 heterocycles. The summed E-state index contributed by atoms with van der Waals surface area (Å²) in [6.07, 6.45) is 3.82. The molecule has 0 fully saturated rings. The van der Waals surface area contributed by atoms with Crippen LogP contribution >= 0.6 is 0 Å². The number of fused-ring (bicyclic) bond motifs is 1. The first-order valence-electron chi connectivity index (χ1n) is 8.30.